The molecule has 1 aliphatic heterocycles. The van der Waals surface area contributed by atoms with Crippen LogP contribution in [0.3, 0.4) is 0 Å². The van der Waals surface area contributed by atoms with Gasteiger partial charge in [0, 0.05) is 30.0 Å². The van der Waals surface area contributed by atoms with E-state index in [0.717, 1.165) is 21.3 Å². The smallest absolute Gasteiger partial charge is 0.243 e. The molecule has 0 aromatic heterocycles. The number of benzene rings is 2. The minimum Gasteiger partial charge on any atom is -0.350 e. The minimum atomic E-state index is -0.479. The summed E-state index contributed by atoms with van der Waals surface area (Å²) in [5.74, 6) is -0.247. The Morgan fingerprint density at radius 3 is 2.61 bits per heavy atom. The number of hydrogen-bond donors (Lipinski definition) is 1. The Bertz CT molecular complexity index is 760. The van der Waals surface area contributed by atoms with Crippen molar-refractivity contribution in [2.45, 2.75) is 25.9 Å². The van der Waals surface area contributed by atoms with Crippen LogP contribution in [0.1, 0.15) is 18.1 Å². The van der Waals surface area contributed by atoms with Gasteiger partial charge in [0.2, 0.25) is 11.8 Å². The largest absolute Gasteiger partial charge is 0.350 e. The van der Waals surface area contributed by atoms with Crippen molar-refractivity contribution in [3.8, 4) is 0 Å². The average Bonchev–Trinajstić information content (AvgIpc) is 2.93. The summed E-state index contributed by atoms with van der Waals surface area (Å²) in [4.78, 5) is 26.2. The van der Waals surface area contributed by atoms with E-state index in [0.29, 0.717) is 13.0 Å². The van der Waals surface area contributed by atoms with Crippen LogP contribution >= 0.6 is 15.9 Å². The van der Waals surface area contributed by atoms with Gasteiger partial charge in [0.25, 0.3) is 0 Å². The van der Waals surface area contributed by atoms with Gasteiger partial charge < -0.3 is 5.32 Å². The second-order valence-corrected chi connectivity index (χ2v) is 6.40. The topological polar surface area (TPSA) is 49.4 Å². The SMILES string of the molecule is CC(=O)N1c2ccccc2C[C@@H]1C(=O)NCc1ccccc1Br. The molecule has 2 aromatic carbocycles. The number of nitrogens with one attached hydrogen (secondary N) is 1. The first-order valence-corrected chi connectivity index (χ1v) is 8.26. The first-order chi connectivity index (χ1) is 11.1. The van der Waals surface area contributed by atoms with E-state index in [4.69, 9.17) is 0 Å². The molecule has 0 bridgehead atoms. The zero-order chi connectivity index (χ0) is 16.4. The molecule has 4 nitrogen and oxygen atoms in total. The van der Waals surface area contributed by atoms with Crippen molar-refractivity contribution in [2.75, 3.05) is 4.90 Å². The molecule has 1 N–H and O–H groups in total. The van der Waals surface area contributed by atoms with Crippen LogP contribution in [0, 0.1) is 0 Å². The van der Waals surface area contributed by atoms with Crippen molar-refractivity contribution in [1.29, 1.82) is 0 Å². The summed E-state index contributed by atoms with van der Waals surface area (Å²) in [5, 5.41) is 2.94. The number of fused-ring (bicyclic) bond motifs is 1. The second-order valence-electron chi connectivity index (χ2n) is 5.55. The summed E-state index contributed by atoms with van der Waals surface area (Å²) in [6.07, 6.45) is 0.553. The van der Waals surface area contributed by atoms with Gasteiger partial charge in [0.15, 0.2) is 0 Å². The second kappa shape index (κ2) is 6.54. The molecule has 3 rings (SSSR count). The highest BCUT2D eigenvalue weighted by Crippen LogP contribution is 2.32. The van der Waals surface area contributed by atoms with Gasteiger partial charge in [-0.25, -0.2) is 0 Å². The summed E-state index contributed by atoms with van der Waals surface area (Å²) in [7, 11) is 0. The fraction of sp³-hybridized carbons (Fsp3) is 0.222. The quantitative estimate of drug-likeness (QED) is 0.899. The van der Waals surface area contributed by atoms with E-state index in [-0.39, 0.29) is 11.8 Å². The maximum Gasteiger partial charge on any atom is 0.243 e. The number of carbonyl (C=O) groups excluding carboxylic acids is 2. The number of carbonyl (C=O) groups is 2. The van der Waals surface area contributed by atoms with Crippen molar-refractivity contribution in [2.24, 2.45) is 0 Å². The molecule has 1 atom stereocenters. The van der Waals surface area contributed by atoms with Crippen LogP contribution in [-0.4, -0.2) is 17.9 Å². The molecule has 0 saturated heterocycles. The fourth-order valence-corrected chi connectivity index (χ4v) is 3.35. The van der Waals surface area contributed by atoms with E-state index in [1.165, 1.54) is 6.92 Å². The summed E-state index contributed by atoms with van der Waals surface area (Å²) < 4.78 is 0.957. The number of halogens is 1. The number of nitrogens with zero attached hydrogens (tertiary/aromatic N) is 1. The van der Waals surface area contributed by atoms with Crippen molar-refractivity contribution in [1.82, 2.24) is 5.32 Å². The summed E-state index contributed by atoms with van der Waals surface area (Å²) in [5.41, 5.74) is 2.87. The molecule has 0 aliphatic carbocycles. The molecule has 0 radical (unpaired) electrons. The number of anilines is 1. The Kier molecular flexibility index (Phi) is 4.48. The Balaban J connectivity index is 1.75. The van der Waals surface area contributed by atoms with E-state index in [9.17, 15) is 9.59 Å². The molecular formula is C18H17BrN2O2. The molecule has 1 aliphatic rings. The fourth-order valence-electron chi connectivity index (χ4n) is 2.93. The van der Waals surface area contributed by atoms with Gasteiger partial charge in [-0.2, -0.15) is 0 Å². The highest BCUT2D eigenvalue weighted by molar-refractivity contribution is 9.10. The van der Waals surface area contributed by atoms with Crippen molar-refractivity contribution in [3.05, 3.63) is 64.1 Å². The first kappa shape index (κ1) is 15.7. The number of amides is 2. The molecule has 0 saturated carbocycles. The van der Waals surface area contributed by atoms with E-state index >= 15 is 0 Å². The Morgan fingerprint density at radius 2 is 1.87 bits per heavy atom. The van der Waals surface area contributed by atoms with Crippen LogP contribution in [0.5, 0.6) is 0 Å². The number of rotatable bonds is 3. The van der Waals surface area contributed by atoms with Crippen LogP contribution in [0.2, 0.25) is 0 Å². The predicted octanol–water partition coefficient (Wildman–Crippen LogP) is 3.04. The third-order valence-electron chi connectivity index (χ3n) is 4.03. The summed E-state index contributed by atoms with van der Waals surface area (Å²) in [6, 6.07) is 14.9. The third kappa shape index (κ3) is 3.15. The lowest BCUT2D eigenvalue weighted by atomic mass is 10.1. The number of hydrogen-bond acceptors (Lipinski definition) is 2. The summed E-state index contributed by atoms with van der Waals surface area (Å²) in [6.45, 7) is 1.93. The van der Waals surface area contributed by atoms with Gasteiger partial charge in [-0.3, -0.25) is 14.5 Å². The molecule has 23 heavy (non-hydrogen) atoms. The minimum absolute atomic E-state index is 0.115. The highest BCUT2D eigenvalue weighted by atomic mass is 79.9. The van der Waals surface area contributed by atoms with Crippen LogP contribution < -0.4 is 10.2 Å². The Labute approximate surface area is 143 Å². The predicted molar refractivity (Wildman–Crippen MR) is 93.1 cm³/mol. The van der Waals surface area contributed by atoms with Gasteiger partial charge in [0.05, 0.1) is 0 Å². The molecule has 1 heterocycles. The van der Waals surface area contributed by atoms with Crippen molar-refractivity contribution in [3.63, 3.8) is 0 Å². The molecule has 2 amide bonds. The van der Waals surface area contributed by atoms with Crippen molar-refractivity contribution < 1.29 is 9.59 Å². The monoisotopic (exact) mass is 372 g/mol. The lowest BCUT2D eigenvalue weighted by Crippen LogP contribution is -2.47. The van der Waals surface area contributed by atoms with Gasteiger partial charge in [-0.05, 0) is 23.3 Å². The average molecular weight is 373 g/mol. The molecule has 0 unspecified atom stereocenters. The van der Waals surface area contributed by atoms with Crippen LogP contribution in [-0.2, 0) is 22.6 Å². The zero-order valence-corrected chi connectivity index (χ0v) is 14.3. The van der Waals surface area contributed by atoms with Gasteiger partial charge in [-0.1, -0.05) is 52.3 Å². The standard InChI is InChI=1S/C18H17BrN2O2/c1-12(22)21-16-9-5-3-6-13(16)10-17(21)18(23)20-11-14-7-2-4-8-15(14)19/h2-9,17H,10-11H2,1H3,(H,20,23)/t17-/m1/s1. The normalized spacial score (nSPS) is 16.1. The molecule has 118 valence electrons. The molecular weight excluding hydrogens is 356 g/mol. The number of para-hydroxylation sites is 1. The van der Waals surface area contributed by atoms with Crippen molar-refractivity contribution >= 4 is 33.4 Å². The van der Waals surface area contributed by atoms with Crippen LogP contribution in [0.4, 0.5) is 5.69 Å². The highest BCUT2D eigenvalue weighted by Gasteiger charge is 2.36. The maximum absolute atomic E-state index is 12.6. The Morgan fingerprint density at radius 1 is 1.17 bits per heavy atom. The van der Waals surface area contributed by atoms with E-state index in [1.54, 1.807) is 4.90 Å². The lowest BCUT2D eigenvalue weighted by Gasteiger charge is -2.23. The van der Waals surface area contributed by atoms with Crippen LogP contribution in [0.15, 0.2) is 53.0 Å². The first-order valence-electron chi connectivity index (χ1n) is 7.46. The van der Waals surface area contributed by atoms with Gasteiger partial charge >= 0.3 is 0 Å². The molecule has 2 aromatic rings. The van der Waals surface area contributed by atoms with E-state index in [2.05, 4.69) is 21.2 Å². The summed E-state index contributed by atoms with van der Waals surface area (Å²) >= 11 is 3.47. The van der Waals surface area contributed by atoms with Gasteiger partial charge in [-0.15, -0.1) is 0 Å². The lowest BCUT2D eigenvalue weighted by molar-refractivity contribution is -0.125. The Hall–Kier alpha value is -2.14. The third-order valence-corrected chi connectivity index (χ3v) is 4.80. The van der Waals surface area contributed by atoms with E-state index in [1.807, 2.05) is 48.5 Å². The van der Waals surface area contributed by atoms with E-state index < -0.39 is 6.04 Å². The van der Waals surface area contributed by atoms with Crippen LogP contribution in [0.25, 0.3) is 0 Å². The zero-order valence-electron chi connectivity index (χ0n) is 12.8. The van der Waals surface area contributed by atoms with Gasteiger partial charge in [0.1, 0.15) is 6.04 Å². The molecule has 5 heteroatoms. The molecule has 0 fully saturated rings. The molecule has 0 spiro atoms. The maximum atomic E-state index is 12.6.